The van der Waals surface area contributed by atoms with Crippen LogP contribution in [0.3, 0.4) is 0 Å². The van der Waals surface area contributed by atoms with Gasteiger partial charge >= 0.3 is 5.69 Å². The van der Waals surface area contributed by atoms with E-state index < -0.39 is 4.92 Å². The number of anilines is 1. The van der Waals surface area contributed by atoms with Gasteiger partial charge in [-0.15, -0.1) is 0 Å². The molecule has 2 rings (SSSR count). The van der Waals surface area contributed by atoms with Crippen LogP contribution in [0.5, 0.6) is 5.75 Å². The predicted molar refractivity (Wildman–Crippen MR) is 78.1 cm³/mol. The summed E-state index contributed by atoms with van der Waals surface area (Å²) in [6, 6.07) is 14.6. The molecular weight excluding hydrogens is 256 g/mol. The first-order chi connectivity index (χ1) is 9.63. The molecule has 0 aliphatic carbocycles. The fraction of sp³-hybridized carbons (Fsp3) is 0.200. The average Bonchev–Trinajstić information content (AvgIpc) is 2.47. The van der Waals surface area contributed by atoms with Gasteiger partial charge in [0.25, 0.3) is 0 Å². The topological polar surface area (TPSA) is 64.4 Å². The van der Waals surface area contributed by atoms with Gasteiger partial charge in [-0.25, -0.2) is 0 Å². The third kappa shape index (κ3) is 2.88. The first-order valence-corrected chi connectivity index (χ1v) is 6.30. The van der Waals surface area contributed by atoms with E-state index in [1.807, 2.05) is 37.3 Å². The van der Waals surface area contributed by atoms with Gasteiger partial charge < -0.3 is 10.1 Å². The summed E-state index contributed by atoms with van der Waals surface area (Å²) in [5.41, 5.74) is 1.36. The molecule has 1 N–H and O–H groups in total. The van der Waals surface area contributed by atoms with Gasteiger partial charge in [-0.2, -0.15) is 0 Å². The lowest BCUT2D eigenvalue weighted by molar-refractivity contribution is -0.385. The third-order valence-electron chi connectivity index (χ3n) is 3.02. The normalized spacial score (nSPS) is 11.7. The lowest BCUT2D eigenvalue weighted by atomic mass is 10.1. The molecule has 0 saturated carbocycles. The summed E-state index contributed by atoms with van der Waals surface area (Å²) in [5.74, 6) is 0.262. The molecule has 1 unspecified atom stereocenters. The Bertz CT molecular complexity index is 599. The molecule has 20 heavy (non-hydrogen) atoms. The number of nitro groups is 1. The molecule has 5 heteroatoms. The summed E-state index contributed by atoms with van der Waals surface area (Å²) in [5, 5.41) is 14.0. The Morgan fingerprint density at radius 1 is 1.15 bits per heavy atom. The summed E-state index contributed by atoms with van der Waals surface area (Å²) in [6.45, 7) is 1.87. The lowest BCUT2D eigenvalue weighted by Gasteiger charge is -2.16. The van der Waals surface area contributed by atoms with E-state index >= 15 is 0 Å². The molecule has 0 radical (unpaired) electrons. The number of para-hydroxylation sites is 1. The maximum Gasteiger partial charge on any atom is 0.333 e. The highest BCUT2D eigenvalue weighted by molar-refractivity contribution is 5.68. The quantitative estimate of drug-likeness (QED) is 0.664. The highest BCUT2D eigenvalue weighted by Crippen LogP contribution is 2.36. The first-order valence-electron chi connectivity index (χ1n) is 6.30. The van der Waals surface area contributed by atoms with E-state index in [0.717, 1.165) is 5.56 Å². The van der Waals surface area contributed by atoms with Crippen LogP contribution >= 0.6 is 0 Å². The molecule has 0 aliphatic rings. The summed E-state index contributed by atoms with van der Waals surface area (Å²) in [6.07, 6.45) is -0.262. The molecule has 104 valence electrons. The van der Waals surface area contributed by atoms with Crippen LogP contribution in [-0.2, 0) is 0 Å². The Morgan fingerprint density at radius 3 is 2.45 bits per heavy atom. The van der Waals surface area contributed by atoms with Gasteiger partial charge in [0.2, 0.25) is 0 Å². The summed E-state index contributed by atoms with van der Waals surface area (Å²) >= 11 is 0. The smallest absolute Gasteiger partial charge is 0.333 e. The van der Waals surface area contributed by atoms with Crippen LogP contribution in [-0.4, -0.2) is 12.0 Å². The van der Waals surface area contributed by atoms with E-state index in [4.69, 9.17) is 4.74 Å². The second kappa shape index (κ2) is 6.06. The molecule has 2 aromatic carbocycles. The van der Waals surface area contributed by atoms with Gasteiger partial charge in [-0.3, -0.25) is 10.1 Å². The molecule has 2 aromatic rings. The molecule has 0 aromatic heterocycles. The molecule has 0 saturated heterocycles. The average molecular weight is 272 g/mol. The zero-order chi connectivity index (χ0) is 14.5. The highest BCUT2D eigenvalue weighted by Gasteiger charge is 2.22. The SMILES string of the molecule is CNc1cccc(OC(C)c2ccccc2)c1[N+](=O)[O-]. The molecule has 0 fully saturated rings. The summed E-state index contributed by atoms with van der Waals surface area (Å²) in [4.78, 5) is 10.8. The molecule has 5 nitrogen and oxygen atoms in total. The van der Waals surface area contributed by atoms with E-state index in [9.17, 15) is 10.1 Å². The Hall–Kier alpha value is -2.56. The van der Waals surface area contributed by atoms with Crippen molar-refractivity contribution in [3.63, 3.8) is 0 Å². The van der Waals surface area contributed by atoms with Gasteiger partial charge in [0.05, 0.1) is 4.92 Å². The lowest BCUT2D eigenvalue weighted by Crippen LogP contribution is -2.06. The molecule has 1 atom stereocenters. The monoisotopic (exact) mass is 272 g/mol. The van der Waals surface area contributed by atoms with Crippen LogP contribution in [0.1, 0.15) is 18.6 Å². The van der Waals surface area contributed by atoms with E-state index in [-0.39, 0.29) is 17.5 Å². The Morgan fingerprint density at radius 2 is 1.85 bits per heavy atom. The Labute approximate surface area is 117 Å². The van der Waals surface area contributed by atoms with Crippen LogP contribution < -0.4 is 10.1 Å². The van der Waals surface area contributed by atoms with Crippen molar-refractivity contribution in [1.82, 2.24) is 0 Å². The molecule has 0 bridgehead atoms. The van der Waals surface area contributed by atoms with Crippen molar-refractivity contribution in [2.45, 2.75) is 13.0 Å². The molecular formula is C15H16N2O3. The van der Waals surface area contributed by atoms with Crippen LogP contribution in [0.4, 0.5) is 11.4 Å². The second-order valence-corrected chi connectivity index (χ2v) is 4.33. The number of hydrogen-bond donors (Lipinski definition) is 1. The third-order valence-corrected chi connectivity index (χ3v) is 3.02. The minimum Gasteiger partial charge on any atom is -0.479 e. The first kappa shape index (κ1) is 13.9. The van der Waals surface area contributed by atoms with Crippen LogP contribution in [0.2, 0.25) is 0 Å². The standard InChI is InChI=1S/C15H16N2O3/c1-11(12-7-4-3-5-8-12)20-14-10-6-9-13(16-2)15(14)17(18)19/h3-11,16H,1-2H3. The molecule has 0 spiro atoms. The maximum atomic E-state index is 11.2. The van der Waals surface area contributed by atoms with Crippen molar-refractivity contribution < 1.29 is 9.66 Å². The number of hydrogen-bond acceptors (Lipinski definition) is 4. The minimum atomic E-state index is -0.432. The Kier molecular flexibility index (Phi) is 4.20. The van der Waals surface area contributed by atoms with Crippen molar-refractivity contribution in [3.05, 3.63) is 64.2 Å². The largest absolute Gasteiger partial charge is 0.479 e. The van der Waals surface area contributed by atoms with Crippen LogP contribution in [0.15, 0.2) is 48.5 Å². The summed E-state index contributed by atoms with van der Waals surface area (Å²) < 4.78 is 5.75. The number of benzene rings is 2. The van der Waals surface area contributed by atoms with Crippen LogP contribution in [0, 0.1) is 10.1 Å². The molecule has 0 heterocycles. The van der Waals surface area contributed by atoms with E-state index in [1.165, 1.54) is 0 Å². The number of nitro benzene ring substituents is 1. The number of rotatable bonds is 5. The van der Waals surface area contributed by atoms with Gasteiger partial charge in [-0.1, -0.05) is 36.4 Å². The number of nitrogens with zero attached hydrogens (tertiary/aromatic N) is 1. The fourth-order valence-electron chi connectivity index (χ4n) is 1.99. The van der Waals surface area contributed by atoms with E-state index in [0.29, 0.717) is 5.69 Å². The van der Waals surface area contributed by atoms with Crippen molar-refractivity contribution in [2.75, 3.05) is 12.4 Å². The Balaban J connectivity index is 2.32. The van der Waals surface area contributed by atoms with Gasteiger partial charge in [0.1, 0.15) is 11.8 Å². The summed E-state index contributed by atoms with van der Waals surface area (Å²) in [7, 11) is 1.65. The van der Waals surface area contributed by atoms with Crippen LogP contribution in [0.25, 0.3) is 0 Å². The highest BCUT2D eigenvalue weighted by atomic mass is 16.6. The van der Waals surface area contributed by atoms with Gasteiger partial charge in [-0.05, 0) is 24.6 Å². The predicted octanol–water partition coefficient (Wildman–Crippen LogP) is 3.78. The van der Waals surface area contributed by atoms with Gasteiger partial charge in [0, 0.05) is 7.05 Å². The van der Waals surface area contributed by atoms with Crippen molar-refractivity contribution >= 4 is 11.4 Å². The van der Waals surface area contributed by atoms with E-state index in [2.05, 4.69) is 5.32 Å². The molecule has 0 aliphatic heterocycles. The van der Waals surface area contributed by atoms with Crippen molar-refractivity contribution in [2.24, 2.45) is 0 Å². The minimum absolute atomic E-state index is 0.0437. The zero-order valence-corrected chi connectivity index (χ0v) is 11.4. The maximum absolute atomic E-state index is 11.2. The second-order valence-electron chi connectivity index (χ2n) is 4.33. The number of nitrogens with one attached hydrogen (secondary N) is 1. The van der Waals surface area contributed by atoms with Gasteiger partial charge in [0.15, 0.2) is 5.75 Å². The van der Waals surface area contributed by atoms with Crippen molar-refractivity contribution in [1.29, 1.82) is 0 Å². The number of ether oxygens (including phenoxy) is 1. The van der Waals surface area contributed by atoms with Crippen molar-refractivity contribution in [3.8, 4) is 5.75 Å². The van der Waals surface area contributed by atoms with E-state index in [1.54, 1.807) is 25.2 Å². The molecule has 0 amide bonds. The fourth-order valence-corrected chi connectivity index (χ4v) is 1.99. The zero-order valence-electron chi connectivity index (χ0n) is 11.4.